The van der Waals surface area contributed by atoms with Crippen LogP contribution in [0.4, 0.5) is 4.39 Å². The number of carbonyl (C=O) groups excluding carboxylic acids is 1. The van der Waals surface area contributed by atoms with Crippen molar-refractivity contribution < 1.29 is 9.18 Å². The Labute approximate surface area is 127 Å². The lowest BCUT2D eigenvalue weighted by molar-refractivity contribution is -0.110. The van der Waals surface area contributed by atoms with Gasteiger partial charge in [-0.05, 0) is 25.1 Å². The lowest BCUT2D eigenvalue weighted by Crippen LogP contribution is -2.21. The highest BCUT2D eigenvalue weighted by molar-refractivity contribution is 5.76. The van der Waals surface area contributed by atoms with E-state index in [1.165, 1.54) is 6.07 Å². The molecule has 1 heterocycles. The van der Waals surface area contributed by atoms with E-state index in [1.54, 1.807) is 12.1 Å². The number of carbonyl (C=O) groups is 1. The summed E-state index contributed by atoms with van der Waals surface area (Å²) in [4.78, 5) is 15.3. The Balaban J connectivity index is 2.11. The molecule has 0 saturated carbocycles. The number of nitrogens with zero attached hydrogens (tertiary/aromatic N) is 2. The van der Waals surface area contributed by atoms with E-state index < -0.39 is 0 Å². The molecule has 0 bridgehead atoms. The van der Waals surface area contributed by atoms with E-state index in [1.807, 2.05) is 41.8 Å². The third-order valence-electron chi connectivity index (χ3n) is 3.68. The van der Waals surface area contributed by atoms with Gasteiger partial charge in [0, 0.05) is 5.56 Å². The maximum Gasteiger partial charge on any atom is 0.207 e. The van der Waals surface area contributed by atoms with Gasteiger partial charge in [-0.25, -0.2) is 9.37 Å². The molecule has 1 atom stereocenters. The molecular weight excluding hydrogens is 281 g/mol. The Kier molecular flexibility index (Phi) is 3.87. The summed E-state index contributed by atoms with van der Waals surface area (Å²) < 4.78 is 15.9. The van der Waals surface area contributed by atoms with Gasteiger partial charge in [0.15, 0.2) is 0 Å². The average Bonchev–Trinajstić information content (AvgIpc) is 2.89. The lowest BCUT2D eigenvalue weighted by atomic mass is 10.2. The van der Waals surface area contributed by atoms with E-state index in [2.05, 4.69) is 10.3 Å². The summed E-state index contributed by atoms with van der Waals surface area (Å²) in [5, 5.41) is 2.71. The molecule has 1 unspecified atom stereocenters. The van der Waals surface area contributed by atoms with E-state index in [-0.39, 0.29) is 11.9 Å². The molecule has 1 aromatic heterocycles. The van der Waals surface area contributed by atoms with Crippen LogP contribution in [0.1, 0.15) is 24.4 Å². The van der Waals surface area contributed by atoms with Crippen LogP contribution < -0.4 is 5.32 Å². The van der Waals surface area contributed by atoms with Crippen LogP contribution in [0.5, 0.6) is 0 Å². The SMILES string of the molecule is CC(NC=O)c1nc2ccccc2n1Cc1ccccc1F. The molecule has 0 spiro atoms. The van der Waals surface area contributed by atoms with Gasteiger partial charge >= 0.3 is 0 Å². The number of aromatic nitrogens is 2. The minimum atomic E-state index is -0.253. The maximum absolute atomic E-state index is 14.0. The van der Waals surface area contributed by atoms with Gasteiger partial charge in [-0.3, -0.25) is 4.79 Å². The molecular formula is C17H16FN3O. The van der Waals surface area contributed by atoms with Crippen LogP contribution in [0.3, 0.4) is 0 Å². The summed E-state index contributed by atoms with van der Waals surface area (Å²) in [5.74, 6) is 0.457. The molecule has 0 fully saturated rings. The van der Waals surface area contributed by atoms with Crippen molar-refractivity contribution in [2.75, 3.05) is 0 Å². The highest BCUT2D eigenvalue weighted by Crippen LogP contribution is 2.22. The standard InChI is InChI=1S/C17H16FN3O/c1-12(19-11-22)17-20-15-8-4-5-9-16(15)21(17)10-13-6-2-3-7-14(13)18/h2-9,11-12H,10H2,1H3,(H,19,22). The lowest BCUT2D eigenvalue weighted by Gasteiger charge is -2.14. The Morgan fingerprint density at radius 2 is 1.95 bits per heavy atom. The average molecular weight is 297 g/mol. The predicted octanol–water partition coefficient (Wildman–Crippen LogP) is 3.03. The second kappa shape index (κ2) is 5.97. The summed E-state index contributed by atoms with van der Waals surface area (Å²) >= 11 is 0. The predicted molar refractivity (Wildman–Crippen MR) is 82.8 cm³/mol. The third-order valence-corrected chi connectivity index (χ3v) is 3.68. The summed E-state index contributed by atoms with van der Waals surface area (Å²) in [5.41, 5.74) is 2.33. The van der Waals surface area contributed by atoms with Crippen LogP contribution in [-0.2, 0) is 11.3 Å². The zero-order valence-corrected chi connectivity index (χ0v) is 12.2. The van der Waals surface area contributed by atoms with Gasteiger partial charge in [0.2, 0.25) is 6.41 Å². The number of imidazole rings is 1. The van der Waals surface area contributed by atoms with Gasteiger partial charge < -0.3 is 9.88 Å². The summed E-state index contributed by atoms with van der Waals surface area (Å²) in [6, 6.07) is 14.1. The molecule has 0 aliphatic rings. The molecule has 0 aliphatic carbocycles. The van der Waals surface area contributed by atoms with Crippen molar-refractivity contribution in [1.82, 2.24) is 14.9 Å². The molecule has 5 heteroatoms. The number of benzene rings is 2. The molecule has 22 heavy (non-hydrogen) atoms. The minimum absolute atomic E-state index is 0.248. The van der Waals surface area contributed by atoms with Crippen molar-refractivity contribution in [3.05, 3.63) is 65.7 Å². The molecule has 3 aromatic rings. The molecule has 112 valence electrons. The van der Waals surface area contributed by atoms with Crippen molar-refractivity contribution in [3.8, 4) is 0 Å². The van der Waals surface area contributed by atoms with Crippen molar-refractivity contribution in [1.29, 1.82) is 0 Å². The topological polar surface area (TPSA) is 46.9 Å². The van der Waals surface area contributed by atoms with Gasteiger partial charge in [-0.1, -0.05) is 30.3 Å². The minimum Gasteiger partial charge on any atom is -0.349 e. The second-order valence-corrected chi connectivity index (χ2v) is 5.14. The van der Waals surface area contributed by atoms with Gasteiger partial charge in [0.25, 0.3) is 0 Å². The first-order valence-electron chi connectivity index (χ1n) is 7.09. The quantitative estimate of drug-likeness (QED) is 0.736. The van der Waals surface area contributed by atoms with Gasteiger partial charge in [0.1, 0.15) is 11.6 Å². The molecule has 1 N–H and O–H groups in total. The number of nitrogens with one attached hydrogen (secondary N) is 1. The van der Waals surface area contributed by atoms with Crippen molar-refractivity contribution >= 4 is 17.4 Å². The monoisotopic (exact) mass is 297 g/mol. The smallest absolute Gasteiger partial charge is 0.207 e. The summed E-state index contributed by atoms with van der Waals surface area (Å²) in [6.45, 7) is 2.22. The second-order valence-electron chi connectivity index (χ2n) is 5.14. The fourth-order valence-electron chi connectivity index (χ4n) is 2.56. The fourth-order valence-corrected chi connectivity index (χ4v) is 2.56. The molecule has 2 aromatic carbocycles. The number of hydrogen-bond acceptors (Lipinski definition) is 2. The Bertz CT molecular complexity index is 813. The molecule has 0 saturated heterocycles. The Morgan fingerprint density at radius 1 is 1.23 bits per heavy atom. The fraction of sp³-hybridized carbons (Fsp3) is 0.176. The van der Waals surface area contributed by atoms with Gasteiger partial charge in [-0.15, -0.1) is 0 Å². The summed E-state index contributed by atoms with van der Waals surface area (Å²) in [7, 11) is 0. The Hall–Kier alpha value is -2.69. The van der Waals surface area contributed by atoms with E-state index in [4.69, 9.17) is 0 Å². The molecule has 4 nitrogen and oxygen atoms in total. The summed E-state index contributed by atoms with van der Waals surface area (Å²) in [6.07, 6.45) is 0.650. The van der Waals surface area contributed by atoms with Crippen LogP contribution in [-0.4, -0.2) is 16.0 Å². The zero-order valence-electron chi connectivity index (χ0n) is 12.2. The van der Waals surface area contributed by atoms with Crippen LogP contribution in [0.15, 0.2) is 48.5 Å². The maximum atomic E-state index is 14.0. The zero-order chi connectivity index (χ0) is 15.5. The van der Waals surface area contributed by atoms with Crippen molar-refractivity contribution in [3.63, 3.8) is 0 Å². The molecule has 3 rings (SSSR count). The number of amides is 1. The number of hydrogen-bond donors (Lipinski definition) is 1. The highest BCUT2D eigenvalue weighted by Gasteiger charge is 2.17. The highest BCUT2D eigenvalue weighted by atomic mass is 19.1. The van der Waals surface area contributed by atoms with E-state index in [9.17, 15) is 9.18 Å². The van der Waals surface area contributed by atoms with E-state index in [0.717, 1.165) is 11.0 Å². The number of para-hydroxylation sites is 2. The first kappa shape index (κ1) is 14.3. The van der Waals surface area contributed by atoms with Crippen LogP contribution >= 0.6 is 0 Å². The van der Waals surface area contributed by atoms with Gasteiger partial charge in [-0.2, -0.15) is 0 Å². The Morgan fingerprint density at radius 3 is 2.73 bits per heavy atom. The molecule has 1 amide bonds. The number of fused-ring (bicyclic) bond motifs is 1. The first-order chi connectivity index (χ1) is 10.7. The number of halogens is 1. The van der Waals surface area contributed by atoms with Gasteiger partial charge in [0.05, 0.1) is 23.6 Å². The third kappa shape index (κ3) is 2.57. The van der Waals surface area contributed by atoms with E-state index in [0.29, 0.717) is 24.3 Å². The van der Waals surface area contributed by atoms with Crippen LogP contribution in [0.25, 0.3) is 11.0 Å². The van der Waals surface area contributed by atoms with Crippen LogP contribution in [0, 0.1) is 5.82 Å². The number of rotatable bonds is 5. The first-order valence-corrected chi connectivity index (χ1v) is 7.09. The molecule has 0 aliphatic heterocycles. The van der Waals surface area contributed by atoms with Crippen molar-refractivity contribution in [2.45, 2.75) is 19.5 Å². The molecule has 0 radical (unpaired) electrons. The van der Waals surface area contributed by atoms with Crippen molar-refractivity contribution in [2.24, 2.45) is 0 Å². The van der Waals surface area contributed by atoms with E-state index >= 15 is 0 Å². The normalized spacial score (nSPS) is 12.3. The van der Waals surface area contributed by atoms with Crippen LogP contribution in [0.2, 0.25) is 0 Å². The largest absolute Gasteiger partial charge is 0.349 e.